The lowest BCUT2D eigenvalue weighted by molar-refractivity contribution is 0.102. The van der Waals surface area contributed by atoms with E-state index in [1.807, 2.05) is 40.4 Å². The molecule has 0 unspecified atom stereocenters. The van der Waals surface area contributed by atoms with Gasteiger partial charge in [-0.05, 0) is 57.3 Å². The number of piperazine rings is 1. The fraction of sp³-hybridized carbons (Fsp3) is 0.280. The third kappa shape index (κ3) is 4.41. The van der Waals surface area contributed by atoms with Crippen LogP contribution in [0.15, 0.2) is 54.2 Å². The number of likely N-dealkylation sites (N-methyl/N-ethyl adjacent to an activating group) is 1. The summed E-state index contributed by atoms with van der Waals surface area (Å²) in [5.41, 5.74) is 3.60. The van der Waals surface area contributed by atoms with E-state index in [-0.39, 0.29) is 5.91 Å². The van der Waals surface area contributed by atoms with Gasteiger partial charge in [0.15, 0.2) is 4.96 Å². The molecule has 4 aromatic rings. The normalized spacial score (nSPS) is 19.0. The third-order valence-corrected chi connectivity index (χ3v) is 7.93. The van der Waals surface area contributed by atoms with Crippen LogP contribution in [0, 0.1) is 0 Å². The van der Waals surface area contributed by atoms with Crippen molar-refractivity contribution < 1.29 is 4.79 Å². The van der Waals surface area contributed by atoms with Crippen LogP contribution >= 0.6 is 34.5 Å². The van der Waals surface area contributed by atoms with Gasteiger partial charge in [-0.15, -0.1) is 11.3 Å². The molecule has 2 atom stereocenters. The molecule has 1 aliphatic rings. The largest absolute Gasteiger partial charge is 0.368 e. The molecule has 3 heterocycles. The van der Waals surface area contributed by atoms with Gasteiger partial charge in [-0.25, -0.2) is 4.98 Å². The van der Waals surface area contributed by atoms with E-state index in [9.17, 15) is 4.79 Å². The predicted octanol–water partition coefficient (Wildman–Crippen LogP) is 6.15. The smallest absolute Gasteiger partial charge is 0.257 e. The minimum atomic E-state index is -0.268. The number of anilines is 2. The van der Waals surface area contributed by atoms with E-state index in [1.165, 1.54) is 0 Å². The van der Waals surface area contributed by atoms with Crippen molar-refractivity contribution in [3.63, 3.8) is 0 Å². The number of benzene rings is 2. The van der Waals surface area contributed by atoms with Gasteiger partial charge in [0.2, 0.25) is 0 Å². The molecule has 1 saturated heterocycles. The summed E-state index contributed by atoms with van der Waals surface area (Å²) >= 11 is 14.6. The SMILES string of the molecule is C[C@@H]1CN(c2ccc(C(=O)Nc3ccc(Cl)c(-c4cn5ccsc5n4)c3)c(Cl)c2)C[C@H](C)N1C. The Morgan fingerprint density at radius 2 is 1.85 bits per heavy atom. The quantitative estimate of drug-likeness (QED) is 0.355. The van der Waals surface area contributed by atoms with E-state index in [2.05, 4.69) is 41.0 Å². The van der Waals surface area contributed by atoms with Crippen LogP contribution in [0.3, 0.4) is 0 Å². The van der Waals surface area contributed by atoms with E-state index in [4.69, 9.17) is 23.2 Å². The summed E-state index contributed by atoms with van der Waals surface area (Å²) in [7, 11) is 2.16. The van der Waals surface area contributed by atoms with Gasteiger partial charge in [0.1, 0.15) is 0 Å². The number of hydrogen-bond acceptors (Lipinski definition) is 5. The molecule has 1 N–H and O–H groups in total. The number of amides is 1. The monoisotopic (exact) mass is 513 g/mol. The summed E-state index contributed by atoms with van der Waals surface area (Å²) in [6.45, 7) is 6.28. The van der Waals surface area contributed by atoms with Gasteiger partial charge in [-0.2, -0.15) is 0 Å². The Kier molecular flexibility index (Phi) is 6.29. The zero-order chi connectivity index (χ0) is 24.0. The van der Waals surface area contributed by atoms with Gasteiger partial charge >= 0.3 is 0 Å². The van der Waals surface area contributed by atoms with Gasteiger partial charge in [-0.1, -0.05) is 23.2 Å². The van der Waals surface area contributed by atoms with E-state index in [0.717, 1.165) is 35.0 Å². The number of hydrogen-bond donors (Lipinski definition) is 1. The highest BCUT2D eigenvalue weighted by molar-refractivity contribution is 7.15. The fourth-order valence-electron chi connectivity index (χ4n) is 4.36. The van der Waals surface area contributed by atoms with E-state index >= 15 is 0 Å². The first-order valence-electron chi connectivity index (χ1n) is 11.1. The van der Waals surface area contributed by atoms with Crippen LogP contribution in [-0.4, -0.2) is 52.4 Å². The van der Waals surface area contributed by atoms with Crippen LogP contribution in [0.5, 0.6) is 0 Å². The molecule has 0 spiro atoms. The zero-order valence-electron chi connectivity index (χ0n) is 19.1. The number of fused-ring (bicyclic) bond motifs is 1. The first-order valence-corrected chi connectivity index (χ1v) is 12.7. The van der Waals surface area contributed by atoms with Crippen LogP contribution in [0.1, 0.15) is 24.2 Å². The Bertz CT molecular complexity index is 1330. The topological polar surface area (TPSA) is 52.9 Å². The van der Waals surface area contributed by atoms with Crippen LogP contribution in [0.25, 0.3) is 16.2 Å². The molecule has 34 heavy (non-hydrogen) atoms. The maximum atomic E-state index is 13.0. The summed E-state index contributed by atoms with van der Waals surface area (Å²) < 4.78 is 1.95. The molecule has 2 aromatic carbocycles. The minimum Gasteiger partial charge on any atom is -0.368 e. The molecule has 0 radical (unpaired) electrons. The molecule has 176 valence electrons. The average Bonchev–Trinajstić information content (AvgIpc) is 3.40. The van der Waals surface area contributed by atoms with Gasteiger partial charge in [0.25, 0.3) is 5.91 Å². The summed E-state index contributed by atoms with van der Waals surface area (Å²) in [5, 5.41) is 5.92. The fourth-order valence-corrected chi connectivity index (χ4v) is 5.53. The Morgan fingerprint density at radius 3 is 2.56 bits per heavy atom. The van der Waals surface area contributed by atoms with Gasteiger partial charge in [0.05, 0.1) is 21.3 Å². The molecule has 0 saturated carbocycles. The van der Waals surface area contributed by atoms with Gasteiger partial charge in [0, 0.05) is 59.9 Å². The molecular formula is C25H25Cl2N5OS. The summed E-state index contributed by atoms with van der Waals surface area (Å²) in [5.74, 6) is -0.268. The number of aromatic nitrogens is 2. The van der Waals surface area contributed by atoms with Crippen LogP contribution in [0.4, 0.5) is 11.4 Å². The highest BCUT2D eigenvalue weighted by Crippen LogP contribution is 2.32. The number of imidazole rings is 1. The number of halogens is 2. The van der Waals surface area contributed by atoms with Crippen LogP contribution < -0.4 is 10.2 Å². The Morgan fingerprint density at radius 1 is 1.09 bits per heavy atom. The lowest BCUT2D eigenvalue weighted by Gasteiger charge is -2.43. The molecule has 0 bridgehead atoms. The first kappa shape index (κ1) is 23.2. The number of carbonyl (C=O) groups excluding carboxylic acids is 1. The summed E-state index contributed by atoms with van der Waals surface area (Å²) in [6, 6.07) is 11.9. The molecule has 2 aromatic heterocycles. The van der Waals surface area contributed by atoms with Crippen molar-refractivity contribution in [3.8, 4) is 11.3 Å². The number of thiazole rings is 1. The molecule has 1 aliphatic heterocycles. The Labute approximate surface area is 212 Å². The van der Waals surface area contributed by atoms with Gasteiger partial charge in [-0.3, -0.25) is 14.1 Å². The number of nitrogens with one attached hydrogen (secondary N) is 1. The summed E-state index contributed by atoms with van der Waals surface area (Å²) in [6.07, 6.45) is 3.87. The maximum Gasteiger partial charge on any atom is 0.257 e. The molecule has 1 amide bonds. The molecule has 0 aliphatic carbocycles. The lowest BCUT2D eigenvalue weighted by Crippen LogP contribution is -2.55. The molecule has 5 rings (SSSR count). The highest BCUT2D eigenvalue weighted by Gasteiger charge is 2.27. The van der Waals surface area contributed by atoms with Crippen molar-refractivity contribution >= 4 is 56.8 Å². The van der Waals surface area contributed by atoms with Gasteiger partial charge < -0.3 is 10.2 Å². The Hall–Kier alpha value is -2.58. The lowest BCUT2D eigenvalue weighted by atomic mass is 10.1. The minimum absolute atomic E-state index is 0.268. The number of nitrogens with zero attached hydrogens (tertiary/aromatic N) is 4. The van der Waals surface area contributed by atoms with E-state index in [0.29, 0.717) is 33.4 Å². The molecule has 1 fully saturated rings. The number of carbonyl (C=O) groups is 1. The van der Waals surface area contributed by atoms with E-state index < -0.39 is 0 Å². The van der Waals surface area contributed by atoms with Crippen molar-refractivity contribution in [2.75, 3.05) is 30.4 Å². The second-order valence-electron chi connectivity index (χ2n) is 8.80. The maximum absolute atomic E-state index is 13.0. The van der Waals surface area contributed by atoms with Crippen molar-refractivity contribution in [1.82, 2.24) is 14.3 Å². The number of rotatable bonds is 4. The second kappa shape index (κ2) is 9.23. The third-order valence-electron chi connectivity index (χ3n) is 6.52. The van der Waals surface area contributed by atoms with E-state index in [1.54, 1.807) is 29.5 Å². The average molecular weight is 514 g/mol. The van der Waals surface area contributed by atoms with Crippen molar-refractivity contribution in [1.29, 1.82) is 0 Å². The van der Waals surface area contributed by atoms with Crippen molar-refractivity contribution in [2.24, 2.45) is 0 Å². The second-order valence-corrected chi connectivity index (χ2v) is 10.5. The van der Waals surface area contributed by atoms with Crippen LogP contribution in [-0.2, 0) is 0 Å². The molecule has 6 nitrogen and oxygen atoms in total. The highest BCUT2D eigenvalue weighted by atomic mass is 35.5. The van der Waals surface area contributed by atoms with Crippen molar-refractivity contribution in [3.05, 3.63) is 69.8 Å². The zero-order valence-corrected chi connectivity index (χ0v) is 21.5. The standard InChI is InChI=1S/C25H25Cl2N5OS/c1-15-12-32(13-16(2)30(15)3)18-5-6-19(22(27)11-18)24(33)28-17-4-7-21(26)20(10-17)23-14-31-8-9-34-25(31)29-23/h4-11,14-16H,12-13H2,1-3H3,(H,28,33)/t15-,16+. The van der Waals surface area contributed by atoms with Crippen molar-refractivity contribution in [2.45, 2.75) is 25.9 Å². The molecular weight excluding hydrogens is 489 g/mol. The Balaban J connectivity index is 1.35. The first-order chi connectivity index (χ1) is 16.3. The van der Waals surface area contributed by atoms with Crippen LogP contribution in [0.2, 0.25) is 10.0 Å². The predicted molar refractivity (Wildman–Crippen MR) is 142 cm³/mol. The molecule has 9 heteroatoms. The summed E-state index contributed by atoms with van der Waals surface area (Å²) in [4.78, 5) is 23.2.